The summed E-state index contributed by atoms with van der Waals surface area (Å²) in [4.78, 5) is 43.8. The second-order valence-corrected chi connectivity index (χ2v) is 12.7. The fraction of sp³-hybridized carbons (Fsp3) is 0.469. The second-order valence-electron chi connectivity index (χ2n) is 12.2. The maximum absolute atomic E-state index is 14.3. The summed E-state index contributed by atoms with van der Waals surface area (Å²) in [5.41, 5.74) is 0.123. The van der Waals surface area contributed by atoms with Crippen LogP contribution in [0.15, 0.2) is 54.6 Å². The van der Waals surface area contributed by atoms with Crippen LogP contribution in [-0.4, -0.2) is 53.2 Å². The summed E-state index contributed by atoms with van der Waals surface area (Å²) >= 11 is 6.02. The number of likely N-dealkylation sites (tertiary alicyclic amines) is 1. The number of ether oxygens (including phenoxy) is 3. The SMILES string of the molecule is CC1CCCC(NC(=O)C2N(Cc3ccc4c(c3)OCO4)C(=O)[C@@H]3C(C(=O)Nc4ccc(Cl)cc4)[C@@H]4C=CC23O4)C1C. The van der Waals surface area contributed by atoms with Crippen LogP contribution in [0.25, 0.3) is 0 Å². The van der Waals surface area contributed by atoms with Crippen molar-refractivity contribution in [2.45, 2.75) is 63.4 Å². The van der Waals surface area contributed by atoms with E-state index in [1.165, 1.54) is 0 Å². The van der Waals surface area contributed by atoms with Gasteiger partial charge in [0.15, 0.2) is 11.5 Å². The number of rotatable bonds is 6. The van der Waals surface area contributed by atoms with Crippen molar-refractivity contribution in [3.8, 4) is 11.5 Å². The highest BCUT2D eigenvalue weighted by Crippen LogP contribution is 2.55. The van der Waals surface area contributed by atoms with Gasteiger partial charge in [0.25, 0.3) is 0 Å². The minimum atomic E-state index is -1.24. The predicted molar refractivity (Wildman–Crippen MR) is 155 cm³/mol. The van der Waals surface area contributed by atoms with E-state index in [1.54, 1.807) is 29.2 Å². The molecule has 1 aliphatic carbocycles. The molecule has 0 aromatic heterocycles. The quantitative estimate of drug-likeness (QED) is 0.485. The Hall–Kier alpha value is -3.56. The number of fused-ring (bicyclic) bond motifs is 2. The highest BCUT2D eigenvalue weighted by atomic mass is 35.5. The third-order valence-corrected chi connectivity index (χ3v) is 10.1. The molecule has 2 saturated heterocycles. The molecular formula is C32H34ClN3O6. The Labute approximate surface area is 249 Å². The Morgan fingerprint density at radius 2 is 1.83 bits per heavy atom. The standard InChI is InChI=1S/C32H34ClN3O6/c1-17-4-3-5-22(18(17)2)35-30(38)28-32-13-12-24(42-32)26(29(37)34-21-9-7-20(33)8-10-21)27(32)31(39)36(28)15-19-6-11-23-25(14-19)41-16-40-23/h6-14,17-18,22,24,26-28H,3-5,15-16H2,1-2H3,(H,34,37)(H,35,38)/t17?,18?,22?,24-,26?,27-,28?,32?/m0/s1. The van der Waals surface area contributed by atoms with Crippen LogP contribution < -0.4 is 20.1 Å². The summed E-state index contributed by atoms with van der Waals surface area (Å²) in [5.74, 6) is -0.445. The van der Waals surface area contributed by atoms with Crippen molar-refractivity contribution in [1.82, 2.24) is 10.2 Å². The molecule has 5 aliphatic rings. The third-order valence-electron chi connectivity index (χ3n) is 9.86. The largest absolute Gasteiger partial charge is 0.454 e. The summed E-state index contributed by atoms with van der Waals surface area (Å²) in [6.45, 7) is 4.70. The van der Waals surface area contributed by atoms with Gasteiger partial charge >= 0.3 is 0 Å². The van der Waals surface area contributed by atoms with Crippen molar-refractivity contribution in [2.75, 3.05) is 12.1 Å². The molecule has 2 bridgehead atoms. The molecule has 2 aromatic rings. The lowest BCUT2D eigenvalue weighted by Crippen LogP contribution is -2.57. The topological polar surface area (TPSA) is 106 Å². The van der Waals surface area contributed by atoms with E-state index in [9.17, 15) is 14.4 Å². The van der Waals surface area contributed by atoms with Crippen LogP contribution >= 0.6 is 11.6 Å². The zero-order chi connectivity index (χ0) is 29.2. The zero-order valence-electron chi connectivity index (χ0n) is 23.5. The van der Waals surface area contributed by atoms with Crippen molar-refractivity contribution in [3.63, 3.8) is 0 Å². The highest BCUT2D eigenvalue weighted by molar-refractivity contribution is 6.30. The summed E-state index contributed by atoms with van der Waals surface area (Å²) in [6.07, 6.45) is 6.12. The number of anilines is 1. The first-order chi connectivity index (χ1) is 20.2. The molecule has 0 radical (unpaired) electrons. The molecule has 7 rings (SSSR count). The van der Waals surface area contributed by atoms with Crippen molar-refractivity contribution in [1.29, 1.82) is 0 Å². The van der Waals surface area contributed by atoms with Crippen LogP contribution in [-0.2, 0) is 25.7 Å². The predicted octanol–water partition coefficient (Wildman–Crippen LogP) is 4.30. The second kappa shape index (κ2) is 10.3. The number of benzene rings is 2. The average Bonchev–Trinajstić information content (AvgIpc) is 3.73. The number of halogens is 1. The minimum Gasteiger partial charge on any atom is -0.454 e. The summed E-state index contributed by atoms with van der Waals surface area (Å²) in [6, 6.07) is 11.4. The van der Waals surface area contributed by atoms with Crippen LogP contribution in [0.2, 0.25) is 5.02 Å². The molecule has 1 spiro atoms. The van der Waals surface area contributed by atoms with Crippen molar-refractivity contribution in [2.24, 2.45) is 23.7 Å². The zero-order valence-corrected chi connectivity index (χ0v) is 24.3. The molecule has 4 aliphatic heterocycles. The molecule has 4 heterocycles. The van der Waals surface area contributed by atoms with Gasteiger partial charge in [0.05, 0.1) is 17.9 Å². The first kappa shape index (κ1) is 27.3. The number of nitrogens with zero attached hydrogens (tertiary/aromatic N) is 1. The van der Waals surface area contributed by atoms with E-state index in [2.05, 4.69) is 24.5 Å². The third kappa shape index (κ3) is 4.36. The maximum Gasteiger partial charge on any atom is 0.246 e. The fourth-order valence-electron chi connectivity index (χ4n) is 7.48. The average molecular weight is 592 g/mol. The maximum atomic E-state index is 14.3. The van der Waals surface area contributed by atoms with E-state index in [0.717, 1.165) is 24.8 Å². The Morgan fingerprint density at radius 3 is 2.64 bits per heavy atom. The van der Waals surface area contributed by atoms with Gasteiger partial charge in [-0.1, -0.05) is 56.5 Å². The van der Waals surface area contributed by atoms with Gasteiger partial charge in [-0.2, -0.15) is 0 Å². The Bertz CT molecular complexity index is 1460. The molecule has 8 atom stereocenters. The van der Waals surface area contributed by atoms with E-state index in [1.807, 2.05) is 30.4 Å². The van der Waals surface area contributed by atoms with E-state index in [-0.39, 0.29) is 37.1 Å². The smallest absolute Gasteiger partial charge is 0.246 e. The first-order valence-electron chi connectivity index (χ1n) is 14.7. The van der Waals surface area contributed by atoms with Crippen LogP contribution in [0.1, 0.15) is 38.7 Å². The van der Waals surface area contributed by atoms with Gasteiger partial charge in [-0.3, -0.25) is 14.4 Å². The van der Waals surface area contributed by atoms with E-state index in [0.29, 0.717) is 34.0 Å². The number of hydrogen-bond donors (Lipinski definition) is 2. The molecule has 3 fully saturated rings. The Morgan fingerprint density at radius 1 is 1.05 bits per heavy atom. The number of amides is 3. The van der Waals surface area contributed by atoms with Crippen LogP contribution in [0.3, 0.4) is 0 Å². The molecule has 2 aromatic carbocycles. The van der Waals surface area contributed by atoms with Crippen LogP contribution in [0.4, 0.5) is 5.69 Å². The number of hydrogen-bond acceptors (Lipinski definition) is 6. The molecule has 42 heavy (non-hydrogen) atoms. The number of carbonyl (C=O) groups is 3. The van der Waals surface area contributed by atoms with Crippen LogP contribution in [0.5, 0.6) is 11.5 Å². The van der Waals surface area contributed by atoms with E-state index < -0.39 is 29.6 Å². The summed E-state index contributed by atoms with van der Waals surface area (Å²) in [7, 11) is 0. The first-order valence-corrected chi connectivity index (χ1v) is 15.1. The van der Waals surface area contributed by atoms with E-state index >= 15 is 0 Å². The van der Waals surface area contributed by atoms with Crippen LogP contribution in [0, 0.1) is 23.7 Å². The van der Waals surface area contributed by atoms with Gasteiger partial charge in [0, 0.05) is 23.3 Å². The molecule has 6 unspecified atom stereocenters. The molecule has 220 valence electrons. The number of carbonyl (C=O) groups excluding carboxylic acids is 3. The van der Waals surface area contributed by atoms with Gasteiger partial charge in [0.2, 0.25) is 24.5 Å². The van der Waals surface area contributed by atoms with Gasteiger partial charge < -0.3 is 29.7 Å². The van der Waals surface area contributed by atoms with Gasteiger partial charge in [-0.05, 0) is 60.2 Å². The molecule has 9 nitrogen and oxygen atoms in total. The lowest BCUT2D eigenvalue weighted by molar-refractivity contribution is -0.142. The highest BCUT2D eigenvalue weighted by Gasteiger charge is 2.72. The molecule has 2 N–H and O–H groups in total. The van der Waals surface area contributed by atoms with Gasteiger partial charge in [-0.25, -0.2) is 0 Å². The summed E-state index contributed by atoms with van der Waals surface area (Å²) in [5, 5.41) is 6.77. The normalized spacial score (nSPS) is 34.0. The molecule has 3 amide bonds. The van der Waals surface area contributed by atoms with Crippen molar-refractivity contribution in [3.05, 3.63) is 65.2 Å². The summed E-state index contributed by atoms with van der Waals surface area (Å²) < 4.78 is 17.5. The Balaban J connectivity index is 1.21. The van der Waals surface area contributed by atoms with Crippen molar-refractivity contribution < 1.29 is 28.6 Å². The van der Waals surface area contributed by atoms with Gasteiger partial charge in [0.1, 0.15) is 11.6 Å². The molecular weight excluding hydrogens is 558 g/mol. The van der Waals surface area contributed by atoms with Gasteiger partial charge in [-0.15, -0.1) is 0 Å². The Kier molecular flexibility index (Phi) is 6.70. The lowest BCUT2D eigenvalue weighted by Gasteiger charge is -2.38. The van der Waals surface area contributed by atoms with Crippen molar-refractivity contribution >= 4 is 35.0 Å². The number of nitrogens with one attached hydrogen (secondary N) is 2. The molecule has 1 saturated carbocycles. The monoisotopic (exact) mass is 591 g/mol. The fourth-order valence-corrected chi connectivity index (χ4v) is 7.61. The molecule has 10 heteroatoms. The van der Waals surface area contributed by atoms with E-state index in [4.69, 9.17) is 25.8 Å². The minimum absolute atomic E-state index is 0.00535. The lowest BCUT2D eigenvalue weighted by atomic mass is 9.73.